The molecule has 2 saturated heterocycles. The fourth-order valence-electron chi connectivity index (χ4n) is 5.25. The number of amides is 1. The summed E-state index contributed by atoms with van der Waals surface area (Å²) in [4.78, 5) is 25.4. The maximum absolute atomic E-state index is 13.4. The number of nitrogens with zero attached hydrogens (tertiary/aromatic N) is 5. The van der Waals surface area contributed by atoms with Crippen LogP contribution in [0.15, 0.2) is 30.5 Å². The number of carbonyl (C=O) groups is 1. The number of piperazine rings is 1. The smallest absolute Gasteiger partial charge is 0.228 e. The van der Waals surface area contributed by atoms with Gasteiger partial charge in [0.15, 0.2) is 0 Å². The second kappa shape index (κ2) is 10.2. The van der Waals surface area contributed by atoms with Crippen LogP contribution in [-0.4, -0.2) is 75.4 Å². The van der Waals surface area contributed by atoms with E-state index in [2.05, 4.69) is 24.1 Å². The van der Waals surface area contributed by atoms with Crippen LogP contribution in [0.5, 0.6) is 5.88 Å². The number of ether oxygens (including phenoxy) is 1. The quantitative estimate of drug-likeness (QED) is 0.522. The van der Waals surface area contributed by atoms with Crippen LogP contribution in [-0.2, 0) is 16.0 Å². The molecule has 4 heterocycles. The van der Waals surface area contributed by atoms with Gasteiger partial charge in [-0.1, -0.05) is 12.1 Å². The lowest BCUT2D eigenvalue weighted by Crippen LogP contribution is -2.48. The SMILES string of the molecule is CC(=O)N1CCN(c2nc(NC(C)(C)Cc3ccc(F)cc3)c3cn(C4CCOCC4)c(O)c3n2)CC1. The van der Waals surface area contributed by atoms with Crippen molar-refractivity contribution >= 4 is 28.6 Å². The third-order valence-electron chi connectivity index (χ3n) is 7.27. The molecule has 0 aliphatic carbocycles. The van der Waals surface area contributed by atoms with Gasteiger partial charge in [-0.25, -0.2) is 9.37 Å². The summed E-state index contributed by atoms with van der Waals surface area (Å²) in [6.07, 6.45) is 4.23. The van der Waals surface area contributed by atoms with E-state index in [0.717, 1.165) is 23.8 Å². The van der Waals surface area contributed by atoms with E-state index >= 15 is 0 Å². The normalized spacial score (nSPS) is 17.4. The number of hydrogen-bond acceptors (Lipinski definition) is 7. The van der Waals surface area contributed by atoms with Gasteiger partial charge in [0.2, 0.25) is 17.7 Å². The Morgan fingerprint density at radius 2 is 1.81 bits per heavy atom. The molecule has 2 aliphatic rings. The first-order chi connectivity index (χ1) is 17.7. The van der Waals surface area contributed by atoms with Crippen LogP contribution < -0.4 is 10.2 Å². The summed E-state index contributed by atoms with van der Waals surface area (Å²) in [6.45, 7) is 9.49. The molecule has 37 heavy (non-hydrogen) atoms. The summed E-state index contributed by atoms with van der Waals surface area (Å²) < 4.78 is 20.9. The first-order valence-corrected chi connectivity index (χ1v) is 12.9. The lowest BCUT2D eigenvalue weighted by molar-refractivity contribution is -0.129. The van der Waals surface area contributed by atoms with Crippen molar-refractivity contribution in [2.45, 2.75) is 51.6 Å². The van der Waals surface area contributed by atoms with Crippen LogP contribution in [0.1, 0.15) is 45.2 Å². The first kappa shape index (κ1) is 25.3. The van der Waals surface area contributed by atoms with Gasteiger partial charge in [-0.3, -0.25) is 4.79 Å². The topological polar surface area (TPSA) is 95.8 Å². The van der Waals surface area contributed by atoms with Gasteiger partial charge in [-0.15, -0.1) is 0 Å². The van der Waals surface area contributed by atoms with Gasteiger partial charge in [0.05, 0.1) is 5.39 Å². The molecule has 198 valence electrons. The van der Waals surface area contributed by atoms with Crippen molar-refractivity contribution in [3.05, 3.63) is 41.8 Å². The number of benzene rings is 1. The van der Waals surface area contributed by atoms with Crippen LogP contribution in [0.2, 0.25) is 0 Å². The first-order valence-electron chi connectivity index (χ1n) is 12.9. The molecule has 9 nitrogen and oxygen atoms in total. The van der Waals surface area contributed by atoms with Gasteiger partial charge in [0.1, 0.15) is 17.2 Å². The second-order valence-electron chi connectivity index (χ2n) is 10.6. The summed E-state index contributed by atoms with van der Waals surface area (Å²) >= 11 is 0. The highest BCUT2D eigenvalue weighted by molar-refractivity contribution is 5.94. The molecule has 0 atom stereocenters. The molecule has 0 spiro atoms. The van der Waals surface area contributed by atoms with Gasteiger partial charge in [-0.05, 0) is 50.8 Å². The van der Waals surface area contributed by atoms with E-state index in [1.54, 1.807) is 19.1 Å². The maximum atomic E-state index is 13.4. The zero-order valence-corrected chi connectivity index (χ0v) is 21.7. The Hall–Kier alpha value is -3.40. The van der Waals surface area contributed by atoms with Crippen molar-refractivity contribution in [3.8, 4) is 5.88 Å². The summed E-state index contributed by atoms with van der Waals surface area (Å²) in [6, 6.07) is 6.66. The van der Waals surface area contributed by atoms with Crippen molar-refractivity contribution in [3.63, 3.8) is 0 Å². The number of aromatic nitrogens is 3. The minimum Gasteiger partial charge on any atom is -0.493 e. The Kier molecular flexibility index (Phi) is 6.94. The second-order valence-corrected chi connectivity index (χ2v) is 10.6. The summed E-state index contributed by atoms with van der Waals surface area (Å²) in [5.74, 6) is 1.10. The van der Waals surface area contributed by atoms with E-state index in [-0.39, 0.29) is 23.6 Å². The van der Waals surface area contributed by atoms with Crippen molar-refractivity contribution in [1.29, 1.82) is 0 Å². The van der Waals surface area contributed by atoms with E-state index in [1.165, 1.54) is 12.1 Å². The lowest BCUT2D eigenvalue weighted by atomic mass is 9.95. The molecule has 0 saturated carbocycles. The molecule has 2 N–H and O–H groups in total. The number of fused-ring (bicyclic) bond motifs is 1. The number of hydrogen-bond donors (Lipinski definition) is 2. The zero-order valence-electron chi connectivity index (χ0n) is 21.7. The van der Waals surface area contributed by atoms with Gasteiger partial charge < -0.3 is 29.5 Å². The molecule has 2 aliphatic heterocycles. The van der Waals surface area contributed by atoms with Gasteiger partial charge in [0, 0.05) is 64.1 Å². The van der Waals surface area contributed by atoms with Crippen molar-refractivity contribution in [1.82, 2.24) is 19.4 Å². The monoisotopic (exact) mass is 510 g/mol. The molecule has 0 radical (unpaired) electrons. The molecule has 5 rings (SSSR count). The molecule has 3 aromatic rings. The fraction of sp³-hybridized carbons (Fsp3) is 0.519. The predicted molar refractivity (Wildman–Crippen MR) is 141 cm³/mol. The molecule has 0 unspecified atom stereocenters. The third-order valence-corrected chi connectivity index (χ3v) is 7.27. The lowest BCUT2D eigenvalue weighted by Gasteiger charge is -2.34. The van der Waals surface area contributed by atoms with Crippen LogP contribution in [0.25, 0.3) is 10.9 Å². The minimum absolute atomic E-state index is 0.0621. The van der Waals surface area contributed by atoms with E-state index in [1.807, 2.05) is 15.7 Å². The van der Waals surface area contributed by atoms with E-state index < -0.39 is 5.54 Å². The molecular formula is C27H35FN6O3. The highest BCUT2D eigenvalue weighted by Gasteiger charge is 2.28. The zero-order chi connectivity index (χ0) is 26.2. The minimum atomic E-state index is -0.417. The number of halogens is 1. The average Bonchev–Trinajstić information content (AvgIpc) is 3.22. The summed E-state index contributed by atoms with van der Waals surface area (Å²) in [5, 5.41) is 15.6. The number of rotatable bonds is 6. The molecule has 0 bridgehead atoms. The van der Waals surface area contributed by atoms with Gasteiger partial charge in [-0.2, -0.15) is 4.98 Å². The Morgan fingerprint density at radius 1 is 1.14 bits per heavy atom. The Bertz CT molecular complexity index is 1260. The molecule has 2 fully saturated rings. The average molecular weight is 511 g/mol. The molecular weight excluding hydrogens is 475 g/mol. The largest absolute Gasteiger partial charge is 0.493 e. The number of anilines is 2. The molecule has 10 heteroatoms. The number of nitrogens with one attached hydrogen (secondary N) is 1. The fourth-order valence-corrected chi connectivity index (χ4v) is 5.25. The van der Waals surface area contributed by atoms with Crippen LogP contribution >= 0.6 is 0 Å². The molecule has 1 aromatic carbocycles. The number of carbonyl (C=O) groups excluding carboxylic acids is 1. The highest BCUT2D eigenvalue weighted by Crippen LogP contribution is 2.37. The van der Waals surface area contributed by atoms with Crippen molar-refractivity contribution in [2.75, 3.05) is 49.6 Å². The Morgan fingerprint density at radius 3 is 2.46 bits per heavy atom. The number of aromatic hydroxyl groups is 1. The standard InChI is InChI=1S/C27H35FN6O3/c1-18(35)32-10-12-33(13-11-32)26-29-23-22(17-34(25(23)36)21-8-14-37-15-9-21)24(30-26)31-27(2,3)16-19-4-6-20(28)7-5-19/h4-7,17,21,36H,8-16H2,1-3H3,(H,29,30,31). The van der Waals surface area contributed by atoms with E-state index in [0.29, 0.717) is 63.1 Å². The molecule has 2 aromatic heterocycles. The maximum Gasteiger partial charge on any atom is 0.228 e. The van der Waals surface area contributed by atoms with E-state index in [9.17, 15) is 14.3 Å². The Balaban J connectivity index is 1.50. The molecule has 1 amide bonds. The Labute approximate surface area is 216 Å². The summed E-state index contributed by atoms with van der Waals surface area (Å²) in [7, 11) is 0. The van der Waals surface area contributed by atoms with Crippen molar-refractivity contribution < 1.29 is 19.0 Å². The summed E-state index contributed by atoms with van der Waals surface area (Å²) in [5.41, 5.74) is 1.10. The van der Waals surface area contributed by atoms with Crippen molar-refractivity contribution in [2.24, 2.45) is 0 Å². The van der Waals surface area contributed by atoms with Gasteiger partial charge >= 0.3 is 0 Å². The van der Waals surface area contributed by atoms with Crippen LogP contribution in [0, 0.1) is 5.82 Å². The highest BCUT2D eigenvalue weighted by atomic mass is 19.1. The van der Waals surface area contributed by atoms with E-state index in [4.69, 9.17) is 14.7 Å². The van der Waals surface area contributed by atoms with Crippen LogP contribution in [0.4, 0.5) is 16.2 Å². The van der Waals surface area contributed by atoms with Crippen LogP contribution in [0.3, 0.4) is 0 Å². The third kappa shape index (κ3) is 5.49. The van der Waals surface area contributed by atoms with Gasteiger partial charge in [0.25, 0.3) is 0 Å². The predicted octanol–water partition coefficient (Wildman–Crippen LogP) is 3.73.